The van der Waals surface area contributed by atoms with Crippen LogP contribution in [0.3, 0.4) is 0 Å². The van der Waals surface area contributed by atoms with Crippen molar-refractivity contribution in [2.24, 2.45) is 0 Å². The fraction of sp³-hybridized carbons (Fsp3) is 0.714. The molecule has 0 aromatic carbocycles. The Hall–Kier alpha value is -1.64. The minimum Gasteiger partial charge on any atom is -0.460 e. The first-order valence-electron chi connectivity index (χ1n) is 6.88. The van der Waals surface area contributed by atoms with E-state index >= 15 is 0 Å². The molecule has 0 fully saturated rings. The van der Waals surface area contributed by atoms with Crippen LogP contribution in [-0.4, -0.2) is 44.2 Å². The second-order valence-electron chi connectivity index (χ2n) is 4.98. The number of rotatable bonds is 11. The van der Waals surface area contributed by atoms with Crippen molar-refractivity contribution in [1.29, 1.82) is 0 Å². The molecule has 0 radical (unpaired) electrons. The summed E-state index contributed by atoms with van der Waals surface area (Å²) in [7, 11) is 0. The van der Waals surface area contributed by atoms with E-state index in [0.29, 0.717) is 12.0 Å². The first kappa shape index (κ1) is 20.4. The molecule has 0 spiro atoms. The third-order valence-electron chi connectivity index (χ3n) is 2.47. The fourth-order valence-electron chi connectivity index (χ4n) is 0.822. The monoisotopic (exact) mass is 320 g/mol. The first-order chi connectivity index (χ1) is 10.3. The summed E-state index contributed by atoms with van der Waals surface area (Å²) in [6, 6.07) is 0. The van der Waals surface area contributed by atoms with Crippen molar-refractivity contribution < 1.29 is 38.6 Å². The lowest BCUT2D eigenvalue weighted by Crippen LogP contribution is -2.24. The maximum atomic E-state index is 11.1. The van der Waals surface area contributed by atoms with Gasteiger partial charge in [-0.05, 0) is 32.2 Å². The Bertz CT molecular complexity index is 364. The van der Waals surface area contributed by atoms with Crippen LogP contribution in [0.2, 0.25) is 0 Å². The molecule has 0 aromatic heterocycles. The Morgan fingerprint density at radius 2 is 1.64 bits per heavy atom. The third kappa shape index (κ3) is 11.1. The molecule has 0 heterocycles. The van der Waals surface area contributed by atoms with E-state index in [9.17, 15) is 9.59 Å². The molecule has 22 heavy (non-hydrogen) atoms. The molecule has 0 aliphatic rings. The van der Waals surface area contributed by atoms with E-state index in [1.165, 1.54) is 0 Å². The van der Waals surface area contributed by atoms with Crippen molar-refractivity contribution in [3.05, 3.63) is 12.2 Å². The standard InChI is InChI=1S/C14H24O8/c1-6-14(4,5)21-22-20-13(16)19-10-8-17-7-9-18-12(15)11(2)3/h2,6-10H2,1,3-5H3. The van der Waals surface area contributed by atoms with Crippen molar-refractivity contribution in [2.45, 2.75) is 39.7 Å². The number of carbonyl (C=O) groups is 2. The second kappa shape index (κ2) is 11.0. The second-order valence-corrected chi connectivity index (χ2v) is 4.98. The maximum absolute atomic E-state index is 11.1. The van der Waals surface area contributed by atoms with Crippen molar-refractivity contribution in [3.63, 3.8) is 0 Å². The van der Waals surface area contributed by atoms with Crippen molar-refractivity contribution in [1.82, 2.24) is 0 Å². The van der Waals surface area contributed by atoms with Crippen molar-refractivity contribution in [2.75, 3.05) is 26.4 Å². The average molecular weight is 320 g/mol. The normalized spacial score (nSPS) is 10.9. The summed E-state index contributed by atoms with van der Waals surface area (Å²) in [4.78, 5) is 31.2. The SMILES string of the molecule is C=C(C)C(=O)OCCOCCOC(=O)OOOC(C)(C)CC. The number of hydrogen-bond acceptors (Lipinski definition) is 8. The predicted molar refractivity (Wildman–Crippen MR) is 75.6 cm³/mol. The Morgan fingerprint density at radius 1 is 1.05 bits per heavy atom. The number of ether oxygens (including phenoxy) is 3. The Labute approximate surface area is 130 Å². The van der Waals surface area contributed by atoms with Crippen LogP contribution >= 0.6 is 0 Å². The van der Waals surface area contributed by atoms with Gasteiger partial charge in [-0.15, -0.1) is 0 Å². The molecule has 8 heteroatoms. The minimum absolute atomic E-state index is 0.0339. The molecule has 0 bridgehead atoms. The highest BCUT2D eigenvalue weighted by Crippen LogP contribution is 2.13. The van der Waals surface area contributed by atoms with Crippen LogP contribution in [0.4, 0.5) is 4.79 Å². The molecule has 0 aliphatic carbocycles. The van der Waals surface area contributed by atoms with E-state index in [1.54, 1.807) is 20.8 Å². The molecule has 0 amide bonds. The zero-order valence-corrected chi connectivity index (χ0v) is 13.5. The van der Waals surface area contributed by atoms with Gasteiger partial charge in [0.2, 0.25) is 0 Å². The van der Waals surface area contributed by atoms with Gasteiger partial charge in [0.15, 0.2) is 0 Å². The Kier molecular flexibility index (Phi) is 10.2. The third-order valence-corrected chi connectivity index (χ3v) is 2.47. The van der Waals surface area contributed by atoms with Gasteiger partial charge in [0.05, 0.1) is 13.2 Å². The summed E-state index contributed by atoms with van der Waals surface area (Å²) >= 11 is 0. The van der Waals surface area contributed by atoms with Crippen LogP contribution in [-0.2, 0) is 33.8 Å². The first-order valence-corrected chi connectivity index (χ1v) is 6.88. The summed E-state index contributed by atoms with van der Waals surface area (Å²) < 4.78 is 14.5. The quantitative estimate of drug-likeness (QED) is 0.188. The van der Waals surface area contributed by atoms with Gasteiger partial charge in [-0.2, -0.15) is 4.89 Å². The highest BCUT2D eigenvalue weighted by Gasteiger charge is 2.19. The largest absolute Gasteiger partial charge is 0.542 e. The lowest BCUT2D eigenvalue weighted by Gasteiger charge is -2.19. The van der Waals surface area contributed by atoms with Crippen molar-refractivity contribution >= 4 is 12.1 Å². The van der Waals surface area contributed by atoms with Crippen LogP contribution in [0.1, 0.15) is 34.1 Å². The summed E-state index contributed by atoms with van der Waals surface area (Å²) in [5.41, 5.74) is -0.246. The number of hydrogen-bond donors (Lipinski definition) is 0. The summed E-state index contributed by atoms with van der Waals surface area (Å²) in [5, 5.41) is 4.31. The minimum atomic E-state index is -1.04. The molecule has 8 nitrogen and oxygen atoms in total. The molecule has 0 atom stereocenters. The van der Waals surface area contributed by atoms with E-state index in [-0.39, 0.29) is 26.4 Å². The molecular weight excluding hydrogens is 296 g/mol. The van der Waals surface area contributed by atoms with Gasteiger partial charge in [-0.25, -0.2) is 14.5 Å². The molecule has 0 aliphatic heterocycles. The smallest absolute Gasteiger partial charge is 0.460 e. The lowest BCUT2D eigenvalue weighted by molar-refractivity contribution is -0.517. The topological polar surface area (TPSA) is 89.5 Å². The highest BCUT2D eigenvalue weighted by molar-refractivity contribution is 5.86. The van der Waals surface area contributed by atoms with Gasteiger partial charge in [0.25, 0.3) is 0 Å². The fourth-order valence-corrected chi connectivity index (χ4v) is 0.822. The molecule has 0 N–H and O–H groups in total. The van der Waals surface area contributed by atoms with E-state index in [1.807, 2.05) is 6.92 Å². The van der Waals surface area contributed by atoms with Gasteiger partial charge < -0.3 is 14.2 Å². The van der Waals surface area contributed by atoms with Gasteiger partial charge in [0.1, 0.15) is 18.8 Å². The van der Waals surface area contributed by atoms with Gasteiger partial charge in [0, 0.05) is 5.57 Å². The van der Waals surface area contributed by atoms with Crippen LogP contribution in [0.25, 0.3) is 0 Å². The van der Waals surface area contributed by atoms with Crippen LogP contribution in [0.5, 0.6) is 0 Å². The van der Waals surface area contributed by atoms with E-state index in [2.05, 4.69) is 21.2 Å². The highest BCUT2D eigenvalue weighted by atomic mass is 17.5. The van der Waals surface area contributed by atoms with Crippen molar-refractivity contribution in [3.8, 4) is 0 Å². The molecule has 128 valence electrons. The molecule has 0 saturated heterocycles. The molecule has 0 saturated carbocycles. The molecule has 0 aromatic rings. The number of carbonyl (C=O) groups excluding carboxylic acids is 2. The zero-order chi connectivity index (χ0) is 17.0. The van der Waals surface area contributed by atoms with E-state index in [4.69, 9.17) is 14.4 Å². The Balaban J connectivity index is 3.46. The van der Waals surface area contributed by atoms with Gasteiger partial charge in [-0.3, -0.25) is 0 Å². The van der Waals surface area contributed by atoms with Crippen LogP contribution in [0.15, 0.2) is 12.2 Å². The van der Waals surface area contributed by atoms with Crippen LogP contribution < -0.4 is 0 Å². The van der Waals surface area contributed by atoms with E-state index in [0.717, 1.165) is 0 Å². The molecule has 0 rings (SSSR count). The summed E-state index contributed by atoms with van der Waals surface area (Å²) in [6.07, 6.45) is -0.362. The summed E-state index contributed by atoms with van der Waals surface area (Å²) in [6.45, 7) is 10.8. The average Bonchev–Trinajstić information content (AvgIpc) is 2.45. The summed E-state index contributed by atoms with van der Waals surface area (Å²) in [5.74, 6) is -0.476. The predicted octanol–water partition coefficient (Wildman–Crippen LogP) is 2.33. The Morgan fingerprint density at radius 3 is 2.18 bits per heavy atom. The molecule has 0 unspecified atom stereocenters. The zero-order valence-electron chi connectivity index (χ0n) is 13.5. The lowest BCUT2D eigenvalue weighted by atomic mass is 10.1. The van der Waals surface area contributed by atoms with Gasteiger partial charge >= 0.3 is 12.1 Å². The molecular formula is C14H24O8. The maximum Gasteiger partial charge on any atom is 0.542 e. The van der Waals surface area contributed by atoms with E-state index < -0.39 is 17.7 Å². The van der Waals surface area contributed by atoms with Crippen LogP contribution in [0, 0.1) is 0 Å². The van der Waals surface area contributed by atoms with Gasteiger partial charge in [-0.1, -0.05) is 13.5 Å². The number of esters is 1.